The van der Waals surface area contributed by atoms with E-state index in [1.54, 1.807) is 0 Å². The monoisotopic (exact) mass is 707 g/mol. The Kier molecular flexibility index (Phi) is 6.77. The molecule has 54 heavy (non-hydrogen) atoms. The van der Waals surface area contributed by atoms with Gasteiger partial charge in [-0.15, -0.1) is 11.3 Å². The number of thiophene rings is 1. The van der Waals surface area contributed by atoms with Crippen molar-refractivity contribution in [2.45, 2.75) is 19.3 Å². The van der Waals surface area contributed by atoms with Crippen LogP contribution >= 0.6 is 11.3 Å². The van der Waals surface area contributed by atoms with E-state index in [4.69, 9.17) is 15.0 Å². The van der Waals surface area contributed by atoms with E-state index in [0.29, 0.717) is 0 Å². The zero-order chi connectivity index (χ0) is 36.0. The van der Waals surface area contributed by atoms with Crippen LogP contribution < -0.4 is 0 Å². The van der Waals surface area contributed by atoms with E-state index in [-0.39, 0.29) is 5.41 Å². The summed E-state index contributed by atoms with van der Waals surface area (Å²) >= 11 is 1.85. The summed E-state index contributed by atoms with van der Waals surface area (Å²) in [5, 5.41) is 5.93. The van der Waals surface area contributed by atoms with Crippen LogP contribution in [0, 0.1) is 0 Å². The van der Waals surface area contributed by atoms with Gasteiger partial charge in [0.15, 0.2) is 5.82 Å². The van der Waals surface area contributed by atoms with E-state index < -0.39 is 0 Å². The predicted octanol–water partition coefficient (Wildman–Crippen LogP) is 13.5. The molecule has 0 saturated carbocycles. The summed E-state index contributed by atoms with van der Waals surface area (Å²) in [5.74, 6) is 0.719. The Balaban J connectivity index is 1.13. The molecule has 0 fully saturated rings. The Labute approximate surface area is 317 Å². The number of hydrogen-bond acceptors (Lipinski definition) is 4. The molecule has 7 aromatic carbocycles. The van der Waals surface area contributed by atoms with Gasteiger partial charge in [0.1, 0.15) is 0 Å². The molecule has 1 aliphatic carbocycles. The standard InChI is InChI=1S/C50H33N3S/c1-50(2)40-21-11-8-18-34(40)35-25-24-31(28-41(35)50)49-52-43(30-14-4-3-5-15-30)29-44(53-49)36-26-27-37(33-17-7-6-16-32(33)36)47-46-39-20-10-13-23-45(39)54-48(46)38-19-9-12-22-42(38)51-47/h3-29H,1-2H3. The second-order valence-electron chi connectivity index (χ2n) is 14.7. The van der Waals surface area contributed by atoms with E-state index in [0.717, 1.165) is 61.4 Å². The van der Waals surface area contributed by atoms with E-state index in [2.05, 4.69) is 172 Å². The highest BCUT2D eigenvalue weighted by atomic mass is 32.1. The van der Waals surface area contributed by atoms with Crippen molar-refractivity contribution in [1.82, 2.24) is 15.0 Å². The minimum absolute atomic E-state index is 0.121. The van der Waals surface area contributed by atoms with E-state index in [9.17, 15) is 0 Å². The molecule has 0 atom stereocenters. The summed E-state index contributed by atoms with van der Waals surface area (Å²) in [4.78, 5) is 16.0. The second kappa shape index (κ2) is 11.8. The van der Waals surface area contributed by atoms with Crippen molar-refractivity contribution in [3.8, 4) is 56.3 Å². The number of para-hydroxylation sites is 1. The highest BCUT2D eigenvalue weighted by Crippen LogP contribution is 2.50. The molecule has 10 aromatic rings. The van der Waals surface area contributed by atoms with Gasteiger partial charge in [0.25, 0.3) is 0 Å². The molecular weight excluding hydrogens is 675 g/mol. The number of benzene rings is 7. The van der Waals surface area contributed by atoms with E-state index in [1.807, 2.05) is 17.4 Å². The molecule has 1 aliphatic rings. The first-order chi connectivity index (χ1) is 26.5. The van der Waals surface area contributed by atoms with Crippen molar-refractivity contribution >= 4 is 53.2 Å². The molecule has 0 amide bonds. The molecule has 0 saturated heterocycles. The van der Waals surface area contributed by atoms with Gasteiger partial charge in [0.05, 0.1) is 22.6 Å². The van der Waals surface area contributed by atoms with E-state index >= 15 is 0 Å². The van der Waals surface area contributed by atoms with Crippen molar-refractivity contribution in [1.29, 1.82) is 0 Å². The fourth-order valence-electron chi connectivity index (χ4n) is 8.65. The largest absolute Gasteiger partial charge is 0.247 e. The average Bonchev–Trinajstić information content (AvgIpc) is 3.73. The fourth-order valence-corrected chi connectivity index (χ4v) is 9.89. The smallest absolute Gasteiger partial charge is 0.160 e. The van der Waals surface area contributed by atoms with Crippen LogP contribution in [0.5, 0.6) is 0 Å². The Morgan fingerprint density at radius 3 is 1.93 bits per heavy atom. The van der Waals surface area contributed by atoms with Gasteiger partial charge in [-0.25, -0.2) is 15.0 Å². The number of fused-ring (bicyclic) bond motifs is 9. The topological polar surface area (TPSA) is 38.7 Å². The molecular formula is C50H33N3S. The first-order valence-electron chi connectivity index (χ1n) is 18.4. The molecule has 11 rings (SSSR count). The molecule has 0 aliphatic heterocycles. The van der Waals surface area contributed by atoms with Crippen LogP contribution in [0.25, 0.3) is 98.1 Å². The van der Waals surface area contributed by atoms with Gasteiger partial charge in [-0.3, -0.25) is 0 Å². The third-order valence-electron chi connectivity index (χ3n) is 11.3. The molecule has 3 nitrogen and oxygen atoms in total. The lowest BCUT2D eigenvalue weighted by atomic mass is 9.82. The molecule has 0 unspecified atom stereocenters. The number of rotatable bonds is 4. The SMILES string of the molecule is CC1(C)c2ccccc2-c2ccc(-c3nc(-c4ccccc4)cc(-c4ccc(-c5nc6ccccc6c6sc7ccccc7c56)c5ccccc45)n3)cc21. The van der Waals surface area contributed by atoms with Crippen LogP contribution in [0.15, 0.2) is 164 Å². The van der Waals surface area contributed by atoms with E-state index in [1.165, 1.54) is 47.8 Å². The molecule has 0 radical (unpaired) electrons. The third kappa shape index (κ3) is 4.63. The van der Waals surface area contributed by atoms with Crippen molar-refractivity contribution in [3.05, 3.63) is 175 Å². The van der Waals surface area contributed by atoms with Gasteiger partial charge in [-0.1, -0.05) is 153 Å². The highest BCUT2D eigenvalue weighted by molar-refractivity contribution is 7.26. The Morgan fingerprint density at radius 1 is 0.444 bits per heavy atom. The van der Waals surface area contributed by atoms with Crippen LogP contribution in [0.3, 0.4) is 0 Å². The molecule has 0 spiro atoms. The van der Waals surface area contributed by atoms with Crippen LogP contribution in [0.1, 0.15) is 25.0 Å². The summed E-state index contributed by atoms with van der Waals surface area (Å²) in [7, 11) is 0. The maximum Gasteiger partial charge on any atom is 0.160 e. The number of hydrogen-bond donors (Lipinski definition) is 0. The minimum Gasteiger partial charge on any atom is -0.247 e. The average molecular weight is 708 g/mol. The first kappa shape index (κ1) is 31.1. The molecule has 0 N–H and O–H groups in total. The van der Waals surface area contributed by atoms with Crippen LogP contribution in [-0.4, -0.2) is 15.0 Å². The molecule has 4 heteroatoms. The first-order valence-corrected chi connectivity index (χ1v) is 19.3. The molecule has 254 valence electrons. The number of aromatic nitrogens is 3. The highest BCUT2D eigenvalue weighted by Gasteiger charge is 2.35. The zero-order valence-electron chi connectivity index (χ0n) is 29.8. The van der Waals surface area contributed by atoms with Crippen molar-refractivity contribution in [3.63, 3.8) is 0 Å². The molecule has 0 bridgehead atoms. The lowest BCUT2D eigenvalue weighted by molar-refractivity contribution is 0.660. The van der Waals surface area contributed by atoms with Gasteiger partial charge in [-0.05, 0) is 57.3 Å². The maximum atomic E-state index is 5.39. The van der Waals surface area contributed by atoms with Crippen LogP contribution in [-0.2, 0) is 5.41 Å². The lowest BCUT2D eigenvalue weighted by Gasteiger charge is -2.22. The normalized spacial score (nSPS) is 13.1. The summed E-state index contributed by atoms with van der Waals surface area (Å²) in [6.45, 7) is 4.64. The van der Waals surface area contributed by atoms with Gasteiger partial charge >= 0.3 is 0 Å². The molecule has 3 heterocycles. The quantitative estimate of drug-likeness (QED) is 0.183. The predicted molar refractivity (Wildman–Crippen MR) is 227 cm³/mol. The van der Waals surface area contributed by atoms with Crippen molar-refractivity contribution in [2.75, 3.05) is 0 Å². The summed E-state index contributed by atoms with van der Waals surface area (Å²) in [6.07, 6.45) is 0. The van der Waals surface area contributed by atoms with Crippen LogP contribution in [0.2, 0.25) is 0 Å². The zero-order valence-corrected chi connectivity index (χ0v) is 30.7. The van der Waals surface area contributed by atoms with Gasteiger partial charge in [0, 0.05) is 53.2 Å². The summed E-state index contributed by atoms with van der Waals surface area (Å²) in [6, 6.07) is 58.5. The van der Waals surface area contributed by atoms with Gasteiger partial charge < -0.3 is 0 Å². The Morgan fingerprint density at radius 2 is 1.07 bits per heavy atom. The maximum absolute atomic E-state index is 5.39. The fraction of sp³-hybridized carbons (Fsp3) is 0.0600. The third-order valence-corrected chi connectivity index (χ3v) is 12.5. The summed E-state index contributed by atoms with van der Waals surface area (Å²) in [5.41, 5.74) is 13.2. The second-order valence-corrected chi connectivity index (χ2v) is 15.8. The minimum atomic E-state index is -0.121. The van der Waals surface area contributed by atoms with Gasteiger partial charge in [0.2, 0.25) is 0 Å². The van der Waals surface area contributed by atoms with Crippen molar-refractivity contribution < 1.29 is 0 Å². The summed E-state index contributed by atoms with van der Waals surface area (Å²) < 4.78 is 2.55. The lowest BCUT2D eigenvalue weighted by Crippen LogP contribution is -2.15. The Hall–Kier alpha value is -6.49. The Bertz CT molecular complexity index is 3140. The molecule has 3 aromatic heterocycles. The van der Waals surface area contributed by atoms with Gasteiger partial charge in [-0.2, -0.15) is 0 Å². The van der Waals surface area contributed by atoms with Crippen LogP contribution in [0.4, 0.5) is 0 Å². The number of pyridine rings is 1. The van der Waals surface area contributed by atoms with Crippen molar-refractivity contribution in [2.24, 2.45) is 0 Å². The number of nitrogens with zero attached hydrogens (tertiary/aromatic N) is 3.